The van der Waals surface area contributed by atoms with Gasteiger partial charge in [-0.25, -0.2) is 9.37 Å². The van der Waals surface area contributed by atoms with Crippen LogP contribution in [0.1, 0.15) is 18.4 Å². The molecule has 2 aromatic rings. The molecule has 0 aliphatic carbocycles. The summed E-state index contributed by atoms with van der Waals surface area (Å²) in [4.78, 5) is 19.2. The van der Waals surface area contributed by atoms with Gasteiger partial charge >= 0.3 is 0 Å². The van der Waals surface area contributed by atoms with Crippen LogP contribution in [-0.2, 0) is 16.0 Å². The molecule has 6 heteroatoms. The first-order valence-electron chi connectivity index (χ1n) is 9.98. The van der Waals surface area contributed by atoms with E-state index in [9.17, 15) is 9.18 Å². The highest BCUT2D eigenvalue weighted by atomic mass is 19.1. The fraction of sp³-hybridized carbons (Fsp3) is 0.455. The maximum Gasteiger partial charge on any atom is 0.224 e. The van der Waals surface area contributed by atoms with Crippen molar-refractivity contribution in [2.24, 2.45) is 11.8 Å². The maximum atomic E-state index is 13.0. The third kappa shape index (κ3) is 3.05. The highest BCUT2D eigenvalue weighted by Crippen LogP contribution is 2.55. The summed E-state index contributed by atoms with van der Waals surface area (Å²) in [5.74, 6) is 1.44. The first-order chi connectivity index (χ1) is 13.6. The predicted octanol–water partition coefficient (Wildman–Crippen LogP) is 2.56. The molecule has 3 fully saturated rings. The molecule has 0 saturated carbocycles. The second-order valence-corrected chi connectivity index (χ2v) is 8.21. The summed E-state index contributed by atoms with van der Waals surface area (Å²) < 4.78 is 19.5. The molecule has 1 amide bonds. The number of halogens is 1. The fourth-order valence-electron chi connectivity index (χ4n) is 5.26. The molecule has 4 heterocycles. The third-order valence-electron chi connectivity index (χ3n) is 6.57. The van der Waals surface area contributed by atoms with E-state index in [1.807, 2.05) is 24.4 Å². The van der Waals surface area contributed by atoms with Gasteiger partial charge in [0, 0.05) is 37.7 Å². The van der Waals surface area contributed by atoms with Gasteiger partial charge in [-0.1, -0.05) is 18.2 Å². The highest BCUT2D eigenvalue weighted by Gasteiger charge is 2.63. The number of hydrogen-bond acceptors (Lipinski definition) is 4. The van der Waals surface area contributed by atoms with Crippen molar-refractivity contribution in [1.29, 1.82) is 0 Å². The van der Waals surface area contributed by atoms with Gasteiger partial charge in [-0.15, -0.1) is 0 Å². The van der Waals surface area contributed by atoms with Crippen LogP contribution < -0.4 is 10.2 Å². The lowest BCUT2D eigenvalue weighted by Gasteiger charge is -2.29. The standard InChI is InChI=1S/C22H24FN3O2/c23-16-6-4-15(5-7-16)11-21(27)25-12-17-18-13-26(20-3-1-2-10-24-20)14-22(18)9-8-19(17)28-22/h1-7,10,17-19H,8-9,11-14H2,(H,25,27)/t17-,18+,19+,22+/m0/s1. The molecule has 0 radical (unpaired) electrons. The number of benzene rings is 1. The number of amides is 1. The zero-order chi connectivity index (χ0) is 19.1. The largest absolute Gasteiger partial charge is 0.369 e. The Hall–Kier alpha value is -2.47. The highest BCUT2D eigenvalue weighted by molar-refractivity contribution is 5.78. The van der Waals surface area contributed by atoms with E-state index in [-0.39, 0.29) is 29.9 Å². The molecule has 4 atom stereocenters. The van der Waals surface area contributed by atoms with Gasteiger partial charge in [-0.2, -0.15) is 0 Å². The molecule has 1 spiro atoms. The summed E-state index contributed by atoms with van der Waals surface area (Å²) in [5.41, 5.74) is 0.732. The Bertz CT molecular complexity index is 860. The first kappa shape index (κ1) is 17.6. The molecule has 5 rings (SSSR count). The molecule has 1 aromatic heterocycles. The fourth-order valence-corrected chi connectivity index (χ4v) is 5.26. The topological polar surface area (TPSA) is 54.5 Å². The molecule has 3 aliphatic heterocycles. The minimum atomic E-state index is -0.285. The van der Waals surface area contributed by atoms with Gasteiger partial charge in [0.2, 0.25) is 5.91 Å². The molecule has 3 saturated heterocycles. The number of carbonyl (C=O) groups is 1. The van der Waals surface area contributed by atoms with E-state index in [1.54, 1.807) is 12.1 Å². The summed E-state index contributed by atoms with van der Waals surface area (Å²) in [6, 6.07) is 12.1. The summed E-state index contributed by atoms with van der Waals surface area (Å²) in [6.07, 6.45) is 4.49. The van der Waals surface area contributed by atoms with E-state index < -0.39 is 0 Å². The number of nitrogens with one attached hydrogen (secondary N) is 1. The maximum absolute atomic E-state index is 13.0. The predicted molar refractivity (Wildman–Crippen MR) is 103 cm³/mol. The van der Waals surface area contributed by atoms with E-state index in [2.05, 4.69) is 15.2 Å². The van der Waals surface area contributed by atoms with Gasteiger partial charge in [0.25, 0.3) is 0 Å². The van der Waals surface area contributed by atoms with Crippen LogP contribution in [0, 0.1) is 17.7 Å². The Morgan fingerprint density at radius 1 is 1.29 bits per heavy atom. The molecule has 3 aliphatic rings. The molecule has 146 valence electrons. The summed E-state index contributed by atoms with van der Waals surface area (Å²) in [6.45, 7) is 2.43. The number of anilines is 1. The van der Waals surface area contributed by atoms with Gasteiger partial charge in [0.15, 0.2) is 0 Å². The van der Waals surface area contributed by atoms with Gasteiger partial charge in [-0.05, 0) is 42.7 Å². The van der Waals surface area contributed by atoms with Crippen molar-refractivity contribution in [1.82, 2.24) is 10.3 Å². The van der Waals surface area contributed by atoms with Crippen LogP contribution in [-0.4, -0.2) is 42.2 Å². The minimum absolute atomic E-state index is 0.0250. The van der Waals surface area contributed by atoms with E-state index in [0.29, 0.717) is 18.4 Å². The van der Waals surface area contributed by atoms with Gasteiger partial charge in [-0.3, -0.25) is 4.79 Å². The van der Waals surface area contributed by atoms with Crippen molar-refractivity contribution in [3.05, 3.63) is 60.0 Å². The van der Waals surface area contributed by atoms with Crippen LogP contribution in [0.4, 0.5) is 10.2 Å². The number of carbonyl (C=O) groups excluding carboxylic acids is 1. The lowest BCUT2D eigenvalue weighted by molar-refractivity contribution is -0.120. The zero-order valence-electron chi connectivity index (χ0n) is 15.7. The number of rotatable bonds is 5. The average Bonchev–Trinajstić information content (AvgIpc) is 3.37. The first-order valence-corrected chi connectivity index (χ1v) is 9.98. The van der Waals surface area contributed by atoms with Gasteiger partial charge in [0.1, 0.15) is 11.6 Å². The van der Waals surface area contributed by atoms with Crippen molar-refractivity contribution in [3.8, 4) is 0 Å². The smallest absolute Gasteiger partial charge is 0.224 e. The number of aromatic nitrogens is 1. The molecule has 0 unspecified atom stereocenters. The Labute approximate surface area is 163 Å². The Morgan fingerprint density at radius 3 is 2.93 bits per heavy atom. The number of pyridine rings is 1. The Kier molecular flexibility index (Phi) is 4.31. The summed E-state index contributed by atoms with van der Waals surface area (Å²) in [5, 5.41) is 3.09. The third-order valence-corrected chi connectivity index (χ3v) is 6.57. The zero-order valence-corrected chi connectivity index (χ0v) is 15.7. The van der Waals surface area contributed by atoms with E-state index in [4.69, 9.17) is 4.74 Å². The molecule has 28 heavy (non-hydrogen) atoms. The molecule has 5 nitrogen and oxygen atoms in total. The van der Waals surface area contributed by atoms with Crippen molar-refractivity contribution >= 4 is 11.7 Å². The summed E-state index contributed by atoms with van der Waals surface area (Å²) >= 11 is 0. The quantitative estimate of drug-likeness (QED) is 0.865. The van der Waals surface area contributed by atoms with Crippen LogP contribution in [0.15, 0.2) is 48.7 Å². The SMILES string of the molecule is O=C(Cc1ccc(F)cc1)NC[C@H]1[C@H]2CN(c3ccccn3)C[C@]23CC[C@H]1O3. The summed E-state index contributed by atoms with van der Waals surface area (Å²) in [7, 11) is 0. The van der Waals surface area contributed by atoms with Crippen molar-refractivity contribution < 1.29 is 13.9 Å². The monoisotopic (exact) mass is 381 g/mol. The molecular formula is C22H24FN3O2. The lowest BCUT2D eigenvalue weighted by atomic mass is 9.73. The average molecular weight is 381 g/mol. The van der Waals surface area contributed by atoms with Crippen LogP contribution in [0.3, 0.4) is 0 Å². The normalized spacial score (nSPS) is 30.5. The van der Waals surface area contributed by atoms with Crippen molar-refractivity contribution in [2.75, 3.05) is 24.5 Å². The lowest BCUT2D eigenvalue weighted by Crippen LogP contribution is -2.42. The van der Waals surface area contributed by atoms with E-state index in [0.717, 1.165) is 37.3 Å². The van der Waals surface area contributed by atoms with Crippen LogP contribution in [0.25, 0.3) is 0 Å². The second kappa shape index (κ2) is 6.85. The molecule has 1 N–H and O–H groups in total. The van der Waals surface area contributed by atoms with Crippen LogP contribution in [0.2, 0.25) is 0 Å². The van der Waals surface area contributed by atoms with Gasteiger partial charge in [0.05, 0.1) is 18.1 Å². The van der Waals surface area contributed by atoms with Gasteiger partial charge < -0.3 is 15.0 Å². The number of fused-ring (bicyclic) bond motifs is 1. The molecule has 1 aromatic carbocycles. The number of nitrogens with zero attached hydrogens (tertiary/aromatic N) is 2. The van der Waals surface area contributed by atoms with Crippen molar-refractivity contribution in [2.45, 2.75) is 31.0 Å². The van der Waals surface area contributed by atoms with E-state index >= 15 is 0 Å². The van der Waals surface area contributed by atoms with Crippen molar-refractivity contribution in [3.63, 3.8) is 0 Å². The minimum Gasteiger partial charge on any atom is -0.369 e. The van der Waals surface area contributed by atoms with E-state index in [1.165, 1.54) is 12.1 Å². The van der Waals surface area contributed by atoms with Crippen LogP contribution >= 0.6 is 0 Å². The van der Waals surface area contributed by atoms with Crippen LogP contribution in [0.5, 0.6) is 0 Å². The molecule has 2 bridgehead atoms. The number of ether oxygens (including phenoxy) is 1. The number of hydrogen-bond donors (Lipinski definition) is 1. The second-order valence-electron chi connectivity index (χ2n) is 8.21. The Morgan fingerprint density at radius 2 is 2.14 bits per heavy atom. The molecular weight excluding hydrogens is 357 g/mol. The Balaban J connectivity index is 1.23.